The van der Waals surface area contributed by atoms with Crippen molar-refractivity contribution >= 4 is 5.91 Å². The number of halogens is 3. The number of nitrogens with one attached hydrogen (secondary N) is 1. The maximum absolute atomic E-state index is 12.8. The van der Waals surface area contributed by atoms with Crippen LogP contribution >= 0.6 is 0 Å². The molecule has 0 unspecified atom stereocenters. The molecule has 0 aliphatic rings. The Hall–Kier alpha value is -3.39. The van der Waals surface area contributed by atoms with Gasteiger partial charge >= 0.3 is 6.18 Å². The monoisotopic (exact) mass is 430 g/mol. The molecule has 1 amide bonds. The Bertz CT molecular complexity index is 1070. The Kier molecular flexibility index (Phi) is 6.60. The van der Waals surface area contributed by atoms with Crippen LogP contribution in [0, 0.1) is 6.92 Å². The number of aryl methyl sites for hydroxylation is 1. The van der Waals surface area contributed by atoms with Gasteiger partial charge in [-0.1, -0.05) is 29.8 Å². The van der Waals surface area contributed by atoms with Crippen molar-refractivity contribution in [2.24, 2.45) is 0 Å². The number of aromatic nitrogens is 1. The fourth-order valence-corrected chi connectivity index (χ4v) is 2.85. The van der Waals surface area contributed by atoms with E-state index in [1.807, 2.05) is 31.2 Å². The lowest BCUT2D eigenvalue weighted by atomic mass is 10.0. The number of benzene rings is 2. The molecule has 2 N–H and O–H groups in total. The summed E-state index contributed by atoms with van der Waals surface area (Å²) in [5, 5.41) is 11.8. The highest BCUT2D eigenvalue weighted by molar-refractivity contribution is 5.95. The molecule has 0 fully saturated rings. The fraction of sp³-hybridized carbons (Fsp3) is 0.217. The van der Waals surface area contributed by atoms with Crippen molar-refractivity contribution in [3.8, 4) is 22.8 Å². The molecule has 0 saturated carbocycles. The zero-order valence-corrected chi connectivity index (χ0v) is 16.9. The topological polar surface area (TPSA) is 71.5 Å². The van der Waals surface area contributed by atoms with Crippen LogP contribution in [0.5, 0.6) is 11.6 Å². The van der Waals surface area contributed by atoms with E-state index >= 15 is 0 Å². The Morgan fingerprint density at radius 1 is 1.16 bits per heavy atom. The highest BCUT2D eigenvalue weighted by Gasteiger charge is 2.30. The van der Waals surface area contributed by atoms with Gasteiger partial charge in [0, 0.05) is 17.8 Å². The lowest BCUT2D eigenvalue weighted by Crippen LogP contribution is -2.35. The molecule has 31 heavy (non-hydrogen) atoms. The number of pyridine rings is 1. The van der Waals surface area contributed by atoms with Crippen LogP contribution in [0.4, 0.5) is 13.2 Å². The average molecular weight is 430 g/mol. The fourth-order valence-electron chi connectivity index (χ4n) is 2.85. The molecule has 0 spiro atoms. The molecule has 8 heteroatoms. The van der Waals surface area contributed by atoms with Crippen LogP contribution in [-0.4, -0.2) is 28.6 Å². The molecule has 3 rings (SSSR count). The van der Waals surface area contributed by atoms with Crippen molar-refractivity contribution in [2.45, 2.75) is 26.1 Å². The van der Waals surface area contributed by atoms with Gasteiger partial charge in [0.15, 0.2) is 0 Å². The van der Waals surface area contributed by atoms with Crippen molar-refractivity contribution < 1.29 is 27.8 Å². The number of hydrogen-bond acceptors (Lipinski definition) is 4. The summed E-state index contributed by atoms with van der Waals surface area (Å²) in [6, 6.07) is 12.9. The first-order chi connectivity index (χ1) is 14.7. The van der Waals surface area contributed by atoms with Crippen LogP contribution < -0.4 is 10.1 Å². The summed E-state index contributed by atoms with van der Waals surface area (Å²) < 4.78 is 44.2. The highest BCUT2D eigenvalue weighted by atomic mass is 19.4. The molecule has 0 saturated heterocycles. The summed E-state index contributed by atoms with van der Waals surface area (Å²) in [6.45, 7) is 3.36. The highest BCUT2D eigenvalue weighted by Crippen LogP contribution is 2.35. The maximum Gasteiger partial charge on any atom is 0.416 e. The van der Waals surface area contributed by atoms with Crippen LogP contribution in [0.15, 0.2) is 60.8 Å². The van der Waals surface area contributed by atoms with Gasteiger partial charge in [0.2, 0.25) is 5.88 Å². The van der Waals surface area contributed by atoms with Crippen LogP contribution in [0.3, 0.4) is 0 Å². The van der Waals surface area contributed by atoms with Gasteiger partial charge < -0.3 is 15.2 Å². The van der Waals surface area contributed by atoms with Gasteiger partial charge in [-0.05, 0) is 49.7 Å². The number of rotatable bonds is 6. The zero-order chi connectivity index (χ0) is 22.6. The van der Waals surface area contributed by atoms with E-state index in [4.69, 9.17) is 9.84 Å². The lowest BCUT2D eigenvalue weighted by Gasteiger charge is -2.15. The number of ether oxygens (including phenoxy) is 1. The van der Waals surface area contributed by atoms with E-state index in [1.54, 1.807) is 13.0 Å². The minimum Gasteiger partial charge on any atom is -0.438 e. The largest absolute Gasteiger partial charge is 0.438 e. The predicted molar refractivity (Wildman–Crippen MR) is 110 cm³/mol. The van der Waals surface area contributed by atoms with Crippen LogP contribution in [0.2, 0.25) is 0 Å². The maximum atomic E-state index is 12.8. The third-order valence-corrected chi connectivity index (χ3v) is 4.49. The van der Waals surface area contributed by atoms with Crippen molar-refractivity contribution in [1.82, 2.24) is 10.3 Å². The van der Waals surface area contributed by atoms with E-state index in [2.05, 4.69) is 10.3 Å². The molecule has 2 aromatic carbocycles. The van der Waals surface area contributed by atoms with Crippen molar-refractivity contribution in [3.63, 3.8) is 0 Å². The molecular weight excluding hydrogens is 409 g/mol. The number of alkyl halides is 3. The third-order valence-electron chi connectivity index (χ3n) is 4.49. The Labute approximate surface area is 177 Å². The van der Waals surface area contributed by atoms with Gasteiger partial charge in [-0.2, -0.15) is 13.2 Å². The normalized spacial score (nSPS) is 12.3. The van der Waals surface area contributed by atoms with Gasteiger partial charge in [0.1, 0.15) is 5.75 Å². The van der Waals surface area contributed by atoms with Gasteiger partial charge in [0.05, 0.1) is 17.7 Å². The molecule has 0 bridgehead atoms. The lowest BCUT2D eigenvalue weighted by molar-refractivity contribution is -0.137. The molecule has 0 radical (unpaired) electrons. The second-order valence-corrected chi connectivity index (χ2v) is 7.13. The zero-order valence-electron chi connectivity index (χ0n) is 16.9. The van der Waals surface area contributed by atoms with E-state index in [-0.39, 0.29) is 23.8 Å². The molecule has 1 heterocycles. The van der Waals surface area contributed by atoms with Crippen LogP contribution in [0.1, 0.15) is 28.4 Å². The van der Waals surface area contributed by atoms with Gasteiger partial charge in [0.25, 0.3) is 5.91 Å². The summed E-state index contributed by atoms with van der Waals surface area (Å²) in [5.74, 6) is -0.0818. The van der Waals surface area contributed by atoms with E-state index in [0.717, 1.165) is 23.3 Å². The van der Waals surface area contributed by atoms with Crippen LogP contribution in [0.25, 0.3) is 11.1 Å². The number of carbonyl (C=O) groups is 1. The number of carbonyl (C=O) groups excluding carboxylic acids is 1. The van der Waals surface area contributed by atoms with Crippen molar-refractivity contribution in [2.75, 3.05) is 6.61 Å². The molecule has 0 aliphatic heterocycles. The summed E-state index contributed by atoms with van der Waals surface area (Å²) >= 11 is 0. The molecule has 1 atom stereocenters. The molecule has 162 valence electrons. The third kappa shape index (κ3) is 5.61. The minimum absolute atomic E-state index is 0.150. The smallest absolute Gasteiger partial charge is 0.416 e. The number of nitrogens with zero attached hydrogens (tertiary/aromatic N) is 1. The summed E-state index contributed by atoms with van der Waals surface area (Å²) in [5.41, 5.74) is 1.70. The van der Waals surface area contributed by atoms with E-state index in [0.29, 0.717) is 5.56 Å². The summed E-state index contributed by atoms with van der Waals surface area (Å²) in [7, 11) is 0. The first kappa shape index (κ1) is 22.3. The number of amides is 1. The van der Waals surface area contributed by atoms with E-state index in [1.165, 1.54) is 18.3 Å². The van der Waals surface area contributed by atoms with Crippen LogP contribution in [-0.2, 0) is 6.18 Å². The number of hydrogen-bond donors (Lipinski definition) is 2. The quantitative estimate of drug-likeness (QED) is 0.579. The number of aliphatic hydroxyl groups is 1. The Morgan fingerprint density at radius 2 is 1.87 bits per heavy atom. The molecule has 3 aromatic rings. The van der Waals surface area contributed by atoms with E-state index < -0.39 is 23.7 Å². The van der Waals surface area contributed by atoms with Gasteiger partial charge in [-0.3, -0.25) is 4.79 Å². The molecule has 0 aliphatic carbocycles. The summed E-state index contributed by atoms with van der Waals surface area (Å²) in [4.78, 5) is 16.7. The Balaban J connectivity index is 1.98. The SMILES string of the molecule is Cc1cccc(-c2cc(C(=O)N[C@H](C)CO)cnc2Oc2ccc(C(F)(F)F)cc2)c1. The predicted octanol–water partition coefficient (Wildman–Crippen LogP) is 4.98. The molecular formula is C23H21F3N2O3. The second kappa shape index (κ2) is 9.18. The average Bonchev–Trinajstić information content (AvgIpc) is 2.73. The second-order valence-electron chi connectivity index (χ2n) is 7.13. The van der Waals surface area contributed by atoms with E-state index in [9.17, 15) is 18.0 Å². The number of aliphatic hydroxyl groups excluding tert-OH is 1. The van der Waals surface area contributed by atoms with Gasteiger partial charge in [-0.15, -0.1) is 0 Å². The van der Waals surface area contributed by atoms with Crippen molar-refractivity contribution in [3.05, 3.63) is 77.5 Å². The summed E-state index contributed by atoms with van der Waals surface area (Å²) in [6.07, 6.45) is -3.12. The molecule has 1 aromatic heterocycles. The standard InChI is InChI=1S/C23H21F3N2O3/c1-14-4-3-5-16(10-14)20-11-17(21(30)28-15(2)13-29)12-27-22(20)31-19-8-6-18(7-9-19)23(24,25)26/h3-12,15,29H,13H2,1-2H3,(H,28,30)/t15-/m1/s1. The first-order valence-corrected chi connectivity index (χ1v) is 9.51. The van der Waals surface area contributed by atoms with Gasteiger partial charge in [-0.25, -0.2) is 4.98 Å². The first-order valence-electron chi connectivity index (χ1n) is 9.51. The molecule has 5 nitrogen and oxygen atoms in total. The minimum atomic E-state index is -4.44. The van der Waals surface area contributed by atoms with Crippen molar-refractivity contribution in [1.29, 1.82) is 0 Å². The Morgan fingerprint density at radius 3 is 2.48 bits per heavy atom.